The van der Waals surface area contributed by atoms with Crippen LogP contribution in [0.4, 0.5) is 0 Å². The summed E-state index contributed by atoms with van der Waals surface area (Å²) in [5.74, 6) is 1.07. The first kappa shape index (κ1) is 26.4. The van der Waals surface area contributed by atoms with E-state index >= 15 is 0 Å². The molecule has 2 atom stereocenters. The summed E-state index contributed by atoms with van der Waals surface area (Å²) in [5.41, 5.74) is 3.88. The van der Waals surface area contributed by atoms with Crippen LogP contribution in [0.2, 0.25) is 0 Å². The van der Waals surface area contributed by atoms with Crippen molar-refractivity contribution in [1.82, 2.24) is 5.32 Å². The molecule has 30 heavy (non-hydrogen) atoms. The van der Waals surface area contributed by atoms with Gasteiger partial charge in [-0.2, -0.15) is 0 Å². The number of hydrogen-bond acceptors (Lipinski definition) is 2. The zero-order valence-electron chi connectivity index (χ0n) is 17.7. The number of hydrogen-bond donors (Lipinski definition) is 1. The molecular weight excluding hydrogens is 479 g/mol. The van der Waals surface area contributed by atoms with E-state index in [1.54, 1.807) is 7.11 Å². The minimum atomic E-state index is 0. The molecule has 0 aliphatic heterocycles. The summed E-state index contributed by atoms with van der Waals surface area (Å²) in [4.78, 5) is 0. The Morgan fingerprint density at radius 3 is 1.93 bits per heavy atom. The van der Waals surface area contributed by atoms with Crippen molar-refractivity contribution < 1.29 is 22.0 Å². The fraction of sp³-hybridized carbons (Fsp3) is 0.231. The third-order valence-corrected chi connectivity index (χ3v) is 4.95. The molecular formula is C26H31ClNORu+. The summed E-state index contributed by atoms with van der Waals surface area (Å²) >= 11 is 1.82. The molecule has 0 fully saturated rings. The van der Waals surface area contributed by atoms with Crippen LogP contribution in [0, 0.1) is 14.4 Å². The molecule has 4 heteroatoms. The molecule has 2 nitrogen and oxygen atoms in total. The Balaban J connectivity index is 0.00000146. The van der Waals surface area contributed by atoms with Crippen molar-refractivity contribution in [2.24, 2.45) is 0 Å². The van der Waals surface area contributed by atoms with Gasteiger partial charge in [0.15, 0.2) is 0 Å². The molecule has 1 N–H and O–H groups in total. The monoisotopic (exact) mass is 510 g/mol. The third kappa shape index (κ3) is 8.22. The topological polar surface area (TPSA) is 21.3 Å². The van der Waals surface area contributed by atoms with Crippen LogP contribution in [0.1, 0.15) is 35.1 Å². The van der Waals surface area contributed by atoms with Gasteiger partial charge >= 0.3 is 27.0 Å². The first-order chi connectivity index (χ1) is 14.3. The molecule has 160 valence electrons. The van der Waals surface area contributed by atoms with Crippen LogP contribution in [0.3, 0.4) is 0 Å². The molecule has 0 saturated carbocycles. The van der Waals surface area contributed by atoms with Crippen LogP contribution in [0.5, 0.6) is 5.75 Å². The Morgan fingerprint density at radius 1 is 0.867 bits per heavy atom. The summed E-state index contributed by atoms with van der Waals surface area (Å²) in [6.07, 6.45) is 2.13. The van der Waals surface area contributed by atoms with Gasteiger partial charge < -0.3 is 24.4 Å². The molecule has 0 heterocycles. The van der Waals surface area contributed by atoms with Crippen molar-refractivity contribution in [3.05, 3.63) is 116 Å². The number of ether oxygens (including phenoxy) is 1. The van der Waals surface area contributed by atoms with Crippen molar-refractivity contribution >= 4 is 9.69 Å². The van der Waals surface area contributed by atoms with Crippen LogP contribution in [-0.2, 0) is 23.7 Å². The average molecular weight is 510 g/mol. The van der Waals surface area contributed by atoms with Crippen LogP contribution in [-0.4, -0.2) is 13.7 Å². The molecule has 0 aromatic heterocycles. The second-order valence-corrected chi connectivity index (χ2v) is 6.81. The molecule has 0 aliphatic rings. The molecule has 3 aromatic carbocycles. The quantitative estimate of drug-likeness (QED) is 0.196. The van der Waals surface area contributed by atoms with Gasteiger partial charge in [-0.15, -0.1) is 5.92 Å². The fourth-order valence-electron chi connectivity index (χ4n) is 3.39. The Hall–Kier alpha value is -1.67. The Bertz CT molecular complexity index is 796. The number of nitrogens with one attached hydrogen (secondary N) is 1. The van der Waals surface area contributed by atoms with Crippen molar-refractivity contribution in [2.45, 2.75) is 24.8 Å². The Morgan fingerprint density at radius 2 is 1.40 bits per heavy atom. The zero-order chi connectivity index (χ0) is 20.9. The second kappa shape index (κ2) is 15.2. The normalized spacial score (nSPS) is 12.0. The van der Waals surface area contributed by atoms with Crippen molar-refractivity contribution in [1.29, 1.82) is 0 Å². The number of benzene rings is 3. The van der Waals surface area contributed by atoms with Gasteiger partial charge in [-0.25, -0.2) is 0 Å². The average Bonchev–Trinajstić information content (AvgIpc) is 2.81. The van der Waals surface area contributed by atoms with Crippen LogP contribution in [0.15, 0.2) is 84.9 Å². The van der Waals surface area contributed by atoms with E-state index in [9.17, 15) is 0 Å². The van der Waals surface area contributed by atoms with Gasteiger partial charge in [0.2, 0.25) is 0 Å². The standard InChI is InChI=1S/C25H28NO.CH3.ClH.Ru/c1-20(22-11-5-3-6-12-22)25(23-13-7-4-8-14-23)26-19-9-10-21-15-17-24(27-2)18-16-21;;;/h3-8,11-18,20,25-26H,1,9-10,19H2,2H3;1H3;1H;/q2*-1;;+4/p-1/t20-,25+;;;/m1.../s1. The summed E-state index contributed by atoms with van der Waals surface area (Å²) in [7, 11) is 6.27. The number of rotatable bonds is 9. The van der Waals surface area contributed by atoms with Crippen molar-refractivity contribution in [3.63, 3.8) is 0 Å². The van der Waals surface area contributed by atoms with E-state index in [0.717, 1.165) is 25.1 Å². The molecule has 0 unspecified atom stereocenters. The van der Waals surface area contributed by atoms with Crippen molar-refractivity contribution in [2.75, 3.05) is 13.7 Å². The summed E-state index contributed by atoms with van der Waals surface area (Å²) < 4.78 is 5.22. The van der Waals surface area contributed by atoms with Crippen LogP contribution >= 0.6 is 9.69 Å². The first-order valence-electron chi connectivity index (χ1n) is 9.70. The van der Waals surface area contributed by atoms with Gasteiger partial charge in [-0.1, -0.05) is 78.4 Å². The number of methoxy groups -OCH3 is 1. The van der Waals surface area contributed by atoms with E-state index in [0.29, 0.717) is 0 Å². The van der Waals surface area contributed by atoms with Crippen molar-refractivity contribution in [3.8, 4) is 5.75 Å². The molecule has 0 saturated heterocycles. The van der Waals surface area contributed by atoms with E-state index in [1.165, 1.54) is 16.7 Å². The van der Waals surface area contributed by atoms with Gasteiger partial charge in [0.1, 0.15) is 5.75 Å². The SMILES string of the molecule is [CH2-][C@H](c1ccccc1)[C@H](NCCCc1ccc(OC)cc1)c1ccccc1.[CH3-].[Cl][Ru+3]. The summed E-state index contributed by atoms with van der Waals surface area (Å²) in [5, 5.41) is 3.74. The number of halogens is 1. The van der Waals surface area contributed by atoms with Gasteiger partial charge in [0.25, 0.3) is 0 Å². The zero-order valence-corrected chi connectivity index (χ0v) is 20.2. The maximum absolute atomic E-state index is 5.22. The molecule has 0 radical (unpaired) electrons. The van der Waals surface area contributed by atoms with Gasteiger partial charge in [-0.05, 0) is 42.6 Å². The van der Waals surface area contributed by atoms with Gasteiger partial charge in [0, 0.05) is 6.04 Å². The van der Waals surface area contributed by atoms with E-state index in [2.05, 4.69) is 94.7 Å². The van der Waals surface area contributed by atoms with Crippen LogP contribution in [0.25, 0.3) is 0 Å². The Labute approximate surface area is 196 Å². The van der Waals surface area contributed by atoms with E-state index in [4.69, 9.17) is 4.74 Å². The predicted molar refractivity (Wildman–Crippen MR) is 125 cm³/mol. The van der Waals surface area contributed by atoms with E-state index in [-0.39, 0.29) is 19.4 Å². The number of aryl methyl sites for hydroxylation is 1. The molecule has 0 bridgehead atoms. The minimum absolute atomic E-state index is 0. The molecule has 0 spiro atoms. The first-order valence-corrected chi connectivity index (χ1v) is 11.9. The fourth-order valence-corrected chi connectivity index (χ4v) is 3.39. The molecule has 3 rings (SSSR count). The van der Waals surface area contributed by atoms with E-state index < -0.39 is 0 Å². The third-order valence-electron chi connectivity index (χ3n) is 4.95. The van der Waals surface area contributed by atoms with Gasteiger partial charge in [-0.3, -0.25) is 0 Å². The summed E-state index contributed by atoms with van der Waals surface area (Å²) in [6, 6.07) is 29.7. The predicted octanol–water partition coefficient (Wildman–Crippen LogP) is 6.71. The van der Waals surface area contributed by atoms with E-state index in [1.807, 2.05) is 29.4 Å². The van der Waals surface area contributed by atoms with Gasteiger partial charge in [0.05, 0.1) is 7.11 Å². The molecule has 0 aliphatic carbocycles. The molecule has 0 amide bonds. The maximum atomic E-state index is 5.22. The Kier molecular flexibility index (Phi) is 13.3. The molecule has 3 aromatic rings. The second-order valence-electron chi connectivity index (χ2n) is 6.81. The summed E-state index contributed by atoms with van der Waals surface area (Å²) in [6.45, 7) is 5.41. The van der Waals surface area contributed by atoms with Crippen LogP contribution < -0.4 is 10.1 Å².